The molecule has 1 aliphatic rings. The lowest BCUT2D eigenvalue weighted by Gasteiger charge is -2.33. The molecule has 0 aromatic heterocycles. The molecule has 1 fully saturated rings. The van der Waals surface area contributed by atoms with Gasteiger partial charge in [0.15, 0.2) is 5.96 Å². The summed E-state index contributed by atoms with van der Waals surface area (Å²) in [4.78, 5) is 30.4. The number of halogens is 1. The number of aliphatic imine (C=N–C) groups is 1. The molecule has 1 atom stereocenters. The summed E-state index contributed by atoms with van der Waals surface area (Å²) in [5.41, 5.74) is 0.992. The first-order valence-corrected chi connectivity index (χ1v) is 9.59. The number of likely N-dealkylation sites (tertiary alicyclic amines) is 1. The number of hydrogen-bond acceptors (Lipinski definition) is 5. The van der Waals surface area contributed by atoms with Crippen LogP contribution in [0.15, 0.2) is 29.3 Å². The van der Waals surface area contributed by atoms with Crippen molar-refractivity contribution in [1.82, 2.24) is 15.5 Å². The SMILES string of the molecule is CCOC(=O)C1CCCN(C(=NC)NCC(=O)NCc2ccc(OC)cc2)C1.I. The Morgan fingerprint density at radius 2 is 1.97 bits per heavy atom. The Morgan fingerprint density at radius 1 is 1.24 bits per heavy atom. The largest absolute Gasteiger partial charge is 0.497 e. The number of carbonyl (C=O) groups is 2. The molecule has 1 aromatic rings. The van der Waals surface area contributed by atoms with Gasteiger partial charge in [-0.25, -0.2) is 0 Å². The number of benzene rings is 1. The number of ether oxygens (including phenoxy) is 2. The number of methoxy groups -OCH3 is 1. The first-order valence-electron chi connectivity index (χ1n) is 9.59. The number of rotatable bonds is 7. The average Bonchev–Trinajstić information content (AvgIpc) is 2.73. The van der Waals surface area contributed by atoms with Crippen LogP contribution in [0, 0.1) is 5.92 Å². The summed E-state index contributed by atoms with van der Waals surface area (Å²) in [6.45, 7) is 4.09. The maximum absolute atomic E-state index is 12.2. The highest BCUT2D eigenvalue weighted by atomic mass is 127. The molecule has 0 bridgehead atoms. The summed E-state index contributed by atoms with van der Waals surface area (Å²) < 4.78 is 10.3. The molecule has 2 N–H and O–H groups in total. The standard InChI is InChI=1S/C20H30N4O4.HI/c1-4-28-19(26)16-6-5-11-24(14-16)20(21-2)23-13-18(25)22-12-15-7-9-17(27-3)10-8-15;/h7-10,16H,4-6,11-14H2,1-3H3,(H,21,23)(H,22,25);1H. The van der Waals surface area contributed by atoms with Crippen molar-refractivity contribution in [3.63, 3.8) is 0 Å². The predicted octanol–water partition coefficient (Wildman–Crippen LogP) is 1.78. The van der Waals surface area contributed by atoms with E-state index in [0.29, 0.717) is 25.7 Å². The molecular weight excluding hydrogens is 487 g/mol. The highest BCUT2D eigenvalue weighted by molar-refractivity contribution is 14.0. The summed E-state index contributed by atoms with van der Waals surface area (Å²) >= 11 is 0. The molecule has 0 radical (unpaired) electrons. The maximum atomic E-state index is 12.2. The van der Waals surface area contributed by atoms with Crippen molar-refractivity contribution in [2.75, 3.05) is 40.4 Å². The van der Waals surface area contributed by atoms with Gasteiger partial charge in [-0.05, 0) is 37.5 Å². The van der Waals surface area contributed by atoms with Gasteiger partial charge in [0.1, 0.15) is 5.75 Å². The van der Waals surface area contributed by atoms with E-state index in [9.17, 15) is 9.59 Å². The van der Waals surface area contributed by atoms with E-state index in [4.69, 9.17) is 9.47 Å². The van der Waals surface area contributed by atoms with Gasteiger partial charge in [0.05, 0.1) is 26.2 Å². The van der Waals surface area contributed by atoms with E-state index in [-0.39, 0.29) is 48.3 Å². The number of esters is 1. The molecule has 0 spiro atoms. The topological polar surface area (TPSA) is 92.3 Å². The van der Waals surface area contributed by atoms with Crippen molar-refractivity contribution in [2.24, 2.45) is 10.9 Å². The summed E-state index contributed by atoms with van der Waals surface area (Å²) in [6.07, 6.45) is 1.70. The van der Waals surface area contributed by atoms with Crippen LogP contribution < -0.4 is 15.4 Å². The smallest absolute Gasteiger partial charge is 0.310 e. The van der Waals surface area contributed by atoms with Gasteiger partial charge in [0.2, 0.25) is 5.91 Å². The Labute approximate surface area is 189 Å². The molecule has 1 aromatic carbocycles. The minimum atomic E-state index is -0.167. The third-order valence-corrected chi connectivity index (χ3v) is 4.61. The second kappa shape index (κ2) is 13.2. The van der Waals surface area contributed by atoms with Gasteiger partial charge in [-0.2, -0.15) is 0 Å². The number of carbonyl (C=O) groups excluding carboxylic acids is 2. The highest BCUT2D eigenvalue weighted by Crippen LogP contribution is 2.18. The Bertz CT molecular complexity index is 682. The van der Waals surface area contributed by atoms with Gasteiger partial charge in [0, 0.05) is 26.7 Å². The summed E-state index contributed by atoms with van der Waals surface area (Å²) in [7, 11) is 3.29. The fourth-order valence-corrected chi connectivity index (χ4v) is 3.12. The Hall–Kier alpha value is -2.04. The molecule has 0 aliphatic carbocycles. The van der Waals surface area contributed by atoms with Crippen LogP contribution in [0.5, 0.6) is 5.75 Å². The van der Waals surface area contributed by atoms with E-state index in [0.717, 1.165) is 30.7 Å². The predicted molar refractivity (Wildman–Crippen MR) is 123 cm³/mol. The van der Waals surface area contributed by atoms with Crippen LogP contribution in [-0.4, -0.2) is 63.1 Å². The number of nitrogens with one attached hydrogen (secondary N) is 2. The molecule has 9 heteroatoms. The van der Waals surface area contributed by atoms with Crippen molar-refractivity contribution in [1.29, 1.82) is 0 Å². The molecular formula is C20H31IN4O4. The average molecular weight is 518 g/mol. The van der Waals surface area contributed by atoms with E-state index in [1.54, 1.807) is 14.2 Å². The van der Waals surface area contributed by atoms with Crippen LogP contribution in [0.3, 0.4) is 0 Å². The summed E-state index contributed by atoms with van der Waals surface area (Å²) in [5, 5.41) is 5.95. The number of guanidine groups is 1. The van der Waals surface area contributed by atoms with E-state index < -0.39 is 0 Å². The van der Waals surface area contributed by atoms with Crippen LogP contribution in [0.2, 0.25) is 0 Å². The Kier molecular flexibility index (Phi) is 11.4. The fraction of sp³-hybridized carbons (Fsp3) is 0.550. The van der Waals surface area contributed by atoms with Crippen LogP contribution in [-0.2, 0) is 20.9 Å². The van der Waals surface area contributed by atoms with Gasteiger partial charge >= 0.3 is 5.97 Å². The van der Waals surface area contributed by atoms with Gasteiger partial charge < -0.3 is 25.0 Å². The highest BCUT2D eigenvalue weighted by Gasteiger charge is 2.28. The second-order valence-corrected chi connectivity index (χ2v) is 6.56. The lowest BCUT2D eigenvalue weighted by molar-refractivity contribution is -0.149. The molecule has 1 aliphatic heterocycles. The fourth-order valence-electron chi connectivity index (χ4n) is 3.12. The molecule has 8 nitrogen and oxygen atoms in total. The van der Waals surface area contributed by atoms with E-state index >= 15 is 0 Å². The zero-order valence-electron chi connectivity index (χ0n) is 17.3. The third-order valence-electron chi connectivity index (χ3n) is 4.61. The molecule has 1 saturated heterocycles. The minimum Gasteiger partial charge on any atom is -0.497 e. The van der Waals surface area contributed by atoms with E-state index in [1.807, 2.05) is 36.1 Å². The number of nitrogens with zero attached hydrogens (tertiary/aromatic N) is 2. The van der Waals surface area contributed by atoms with Crippen molar-refractivity contribution >= 4 is 41.8 Å². The lowest BCUT2D eigenvalue weighted by Crippen LogP contribution is -2.50. The van der Waals surface area contributed by atoms with Crippen molar-refractivity contribution in [3.8, 4) is 5.75 Å². The molecule has 1 heterocycles. The lowest BCUT2D eigenvalue weighted by atomic mass is 9.98. The van der Waals surface area contributed by atoms with Crippen molar-refractivity contribution in [2.45, 2.75) is 26.3 Å². The van der Waals surface area contributed by atoms with Gasteiger partial charge in [-0.1, -0.05) is 12.1 Å². The van der Waals surface area contributed by atoms with Crippen LogP contribution in [0.25, 0.3) is 0 Å². The molecule has 29 heavy (non-hydrogen) atoms. The van der Waals surface area contributed by atoms with E-state index in [2.05, 4.69) is 15.6 Å². The van der Waals surface area contributed by atoms with E-state index in [1.165, 1.54) is 0 Å². The normalized spacial score (nSPS) is 16.4. The first kappa shape index (κ1) is 25.0. The zero-order chi connectivity index (χ0) is 20.4. The zero-order valence-corrected chi connectivity index (χ0v) is 19.6. The molecule has 162 valence electrons. The van der Waals surface area contributed by atoms with Crippen LogP contribution in [0.1, 0.15) is 25.3 Å². The van der Waals surface area contributed by atoms with Crippen molar-refractivity contribution in [3.05, 3.63) is 29.8 Å². The maximum Gasteiger partial charge on any atom is 0.310 e. The number of piperidine rings is 1. The number of amides is 1. The van der Waals surface area contributed by atoms with Gasteiger partial charge in [0.25, 0.3) is 0 Å². The van der Waals surface area contributed by atoms with Crippen LogP contribution in [0.4, 0.5) is 0 Å². The molecule has 1 unspecified atom stereocenters. The monoisotopic (exact) mass is 518 g/mol. The Morgan fingerprint density at radius 3 is 2.59 bits per heavy atom. The van der Waals surface area contributed by atoms with Gasteiger partial charge in [-0.3, -0.25) is 14.6 Å². The van der Waals surface area contributed by atoms with Crippen molar-refractivity contribution < 1.29 is 19.1 Å². The molecule has 0 saturated carbocycles. The quantitative estimate of drug-likeness (QED) is 0.248. The second-order valence-electron chi connectivity index (χ2n) is 6.56. The third kappa shape index (κ3) is 8.08. The summed E-state index contributed by atoms with van der Waals surface area (Å²) in [6, 6.07) is 7.54. The van der Waals surface area contributed by atoms with Gasteiger partial charge in [-0.15, -0.1) is 24.0 Å². The number of hydrogen-bond donors (Lipinski definition) is 2. The Balaban J connectivity index is 0.00000420. The molecule has 2 rings (SSSR count). The molecule has 1 amide bonds. The summed E-state index contributed by atoms with van der Waals surface area (Å²) in [5.74, 6) is 0.948. The van der Waals surface area contributed by atoms with Crippen LogP contribution >= 0.6 is 24.0 Å². The first-order chi connectivity index (χ1) is 13.6. The minimum absolute atomic E-state index is 0.